The summed E-state index contributed by atoms with van der Waals surface area (Å²) in [6.45, 7) is 4.52. The lowest BCUT2D eigenvalue weighted by atomic mass is 9.90. The van der Waals surface area contributed by atoms with E-state index < -0.39 is 34.6 Å². The SMILES string of the molecule is Cc1ccc(NC(=O)C(C)(C)C(=O)Nc2c(F)cccc2F)cc1Cl. The van der Waals surface area contributed by atoms with Crippen molar-refractivity contribution >= 4 is 34.8 Å². The molecule has 0 bridgehead atoms. The Labute approximate surface area is 149 Å². The van der Waals surface area contributed by atoms with Crippen molar-refractivity contribution in [2.45, 2.75) is 20.8 Å². The fourth-order valence-corrected chi connectivity index (χ4v) is 2.13. The molecule has 0 heterocycles. The smallest absolute Gasteiger partial charge is 0.239 e. The van der Waals surface area contributed by atoms with Gasteiger partial charge in [0.1, 0.15) is 22.7 Å². The highest BCUT2D eigenvalue weighted by Crippen LogP contribution is 2.26. The number of amides is 2. The second-order valence-electron chi connectivity index (χ2n) is 6.09. The second-order valence-corrected chi connectivity index (χ2v) is 6.50. The lowest BCUT2D eigenvalue weighted by Gasteiger charge is -2.23. The summed E-state index contributed by atoms with van der Waals surface area (Å²) < 4.78 is 27.3. The first-order valence-corrected chi connectivity index (χ1v) is 7.84. The van der Waals surface area contributed by atoms with Crippen LogP contribution >= 0.6 is 11.6 Å². The molecule has 2 aromatic rings. The number of carbonyl (C=O) groups excluding carboxylic acids is 2. The van der Waals surface area contributed by atoms with E-state index in [2.05, 4.69) is 10.6 Å². The largest absolute Gasteiger partial charge is 0.325 e. The summed E-state index contributed by atoms with van der Waals surface area (Å²) in [5.74, 6) is -3.32. The zero-order valence-electron chi connectivity index (χ0n) is 13.9. The van der Waals surface area contributed by atoms with Crippen LogP contribution < -0.4 is 10.6 Å². The third-order valence-electron chi connectivity index (χ3n) is 3.77. The van der Waals surface area contributed by atoms with E-state index in [1.807, 2.05) is 6.92 Å². The zero-order valence-corrected chi connectivity index (χ0v) is 14.7. The highest BCUT2D eigenvalue weighted by Gasteiger charge is 2.37. The molecule has 4 nitrogen and oxygen atoms in total. The molecule has 2 amide bonds. The number of carbonyl (C=O) groups is 2. The average Bonchev–Trinajstić information content (AvgIpc) is 2.54. The molecule has 0 aromatic heterocycles. The molecule has 2 rings (SSSR count). The van der Waals surface area contributed by atoms with Crippen LogP contribution in [0.4, 0.5) is 20.2 Å². The van der Waals surface area contributed by atoms with Gasteiger partial charge < -0.3 is 10.6 Å². The van der Waals surface area contributed by atoms with E-state index >= 15 is 0 Å². The van der Waals surface area contributed by atoms with E-state index in [-0.39, 0.29) is 0 Å². The Bertz CT molecular complexity index is 818. The average molecular weight is 367 g/mol. The predicted molar refractivity (Wildman–Crippen MR) is 93.6 cm³/mol. The van der Waals surface area contributed by atoms with Crippen LogP contribution in [-0.2, 0) is 9.59 Å². The van der Waals surface area contributed by atoms with Gasteiger partial charge in [-0.2, -0.15) is 0 Å². The summed E-state index contributed by atoms with van der Waals surface area (Å²) in [6, 6.07) is 8.13. The van der Waals surface area contributed by atoms with Crippen molar-refractivity contribution in [2.75, 3.05) is 10.6 Å². The molecular formula is C18H17ClF2N2O2. The van der Waals surface area contributed by atoms with Gasteiger partial charge in [0, 0.05) is 10.7 Å². The summed E-state index contributed by atoms with van der Waals surface area (Å²) in [5.41, 5.74) is -0.913. The van der Waals surface area contributed by atoms with Crippen molar-refractivity contribution in [3.63, 3.8) is 0 Å². The molecule has 0 unspecified atom stereocenters. The predicted octanol–water partition coefficient (Wildman–Crippen LogP) is 4.53. The van der Waals surface area contributed by atoms with Crippen molar-refractivity contribution in [2.24, 2.45) is 5.41 Å². The van der Waals surface area contributed by atoms with E-state index in [0.717, 1.165) is 17.7 Å². The van der Waals surface area contributed by atoms with Gasteiger partial charge in [-0.3, -0.25) is 9.59 Å². The number of benzene rings is 2. The fourth-order valence-electron chi connectivity index (χ4n) is 1.95. The Morgan fingerprint density at radius 1 is 1.00 bits per heavy atom. The Balaban J connectivity index is 2.17. The minimum Gasteiger partial charge on any atom is -0.325 e. The molecule has 0 aliphatic carbocycles. The second kappa shape index (κ2) is 7.19. The van der Waals surface area contributed by atoms with E-state index in [4.69, 9.17) is 11.6 Å². The quantitative estimate of drug-likeness (QED) is 0.781. The first kappa shape index (κ1) is 18.9. The maximum atomic E-state index is 13.7. The minimum absolute atomic E-state index is 0.415. The first-order valence-electron chi connectivity index (χ1n) is 7.46. The monoisotopic (exact) mass is 366 g/mol. The summed E-state index contributed by atoms with van der Waals surface area (Å²) in [5, 5.41) is 5.17. The van der Waals surface area contributed by atoms with Crippen LogP contribution in [-0.4, -0.2) is 11.8 Å². The number of rotatable bonds is 4. The number of anilines is 2. The molecule has 7 heteroatoms. The summed E-state index contributed by atoms with van der Waals surface area (Å²) in [6.07, 6.45) is 0. The van der Waals surface area contributed by atoms with Gasteiger partial charge in [0.15, 0.2) is 0 Å². The summed E-state index contributed by atoms with van der Waals surface area (Å²) >= 11 is 6.00. The molecule has 0 atom stereocenters. The van der Waals surface area contributed by atoms with Crippen LogP contribution in [0.25, 0.3) is 0 Å². The number of hydrogen-bond donors (Lipinski definition) is 2. The van der Waals surface area contributed by atoms with Gasteiger partial charge in [0.25, 0.3) is 0 Å². The van der Waals surface area contributed by atoms with Crippen molar-refractivity contribution in [1.29, 1.82) is 0 Å². The zero-order chi connectivity index (χ0) is 18.8. The summed E-state index contributed by atoms with van der Waals surface area (Å²) in [4.78, 5) is 24.8. The van der Waals surface area contributed by atoms with E-state index in [9.17, 15) is 18.4 Å². The van der Waals surface area contributed by atoms with Crippen LogP contribution in [0, 0.1) is 24.0 Å². The van der Waals surface area contributed by atoms with Crippen LogP contribution in [0.3, 0.4) is 0 Å². The molecule has 132 valence electrons. The Kier molecular flexibility index (Phi) is 5.42. The third-order valence-corrected chi connectivity index (χ3v) is 4.17. The Hall–Kier alpha value is -2.47. The lowest BCUT2D eigenvalue weighted by Crippen LogP contribution is -2.42. The van der Waals surface area contributed by atoms with Crippen LogP contribution in [0.2, 0.25) is 5.02 Å². The summed E-state index contributed by atoms with van der Waals surface area (Å²) in [7, 11) is 0. The molecule has 0 aliphatic rings. The highest BCUT2D eigenvalue weighted by molar-refractivity contribution is 6.31. The Morgan fingerprint density at radius 2 is 1.56 bits per heavy atom. The molecule has 2 aromatic carbocycles. The number of para-hydroxylation sites is 1. The van der Waals surface area contributed by atoms with Gasteiger partial charge in [0.05, 0.1) is 0 Å². The highest BCUT2D eigenvalue weighted by atomic mass is 35.5. The normalized spacial score (nSPS) is 11.1. The van der Waals surface area contributed by atoms with Crippen LogP contribution in [0.1, 0.15) is 19.4 Å². The fraction of sp³-hybridized carbons (Fsp3) is 0.222. The standard InChI is InChI=1S/C18H17ClF2N2O2/c1-10-7-8-11(9-12(10)19)22-16(24)18(2,3)17(25)23-15-13(20)5-4-6-14(15)21/h4-9H,1-3H3,(H,22,24)(H,23,25). The molecule has 2 N–H and O–H groups in total. The topological polar surface area (TPSA) is 58.2 Å². The molecule has 0 aliphatic heterocycles. The molecule has 0 saturated carbocycles. The number of hydrogen-bond acceptors (Lipinski definition) is 2. The number of halogens is 3. The molecule has 0 spiro atoms. The van der Waals surface area contributed by atoms with E-state index in [1.165, 1.54) is 19.9 Å². The van der Waals surface area contributed by atoms with Gasteiger partial charge in [-0.05, 0) is 50.6 Å². The number of nitrogens with one attached hydrogen (secondary N) is 2. The molecule has 0 fully saturated rings. The van der Waals surface area contributed by atoms with Gasteiger partial charge in [-0.1, -0.05) is 23.7 Å². The lowest BCUT2D eigenvalue weighted by molar-refractivity contribution is -0.135. The van der Waals surface area contributed by atoms with Crippen molar-refractivity contribution in [3.05, 3.63) is 58.6 Å². The molecular weight excluding hydrogens is 350 g/mol. The van der Waals surface area contributed by atoms with E-state index in [1.54, 1.807) is 18.2 Å². The molecule has 25 heavy (non-hydrogen) atoms. The maximum Gasteiger partial charge on any atom is 0.239 e. The van der Waals surface area contributed by atoms with Crippen LogP contribution in [0.15, 0.2) is 36.4 Å². The minimum atomic E-state index is -1.58. The van der Waals surface area contributed by atoms with Gasteiger partial charge in [-0.25, -0.2) is 8.78 Å². The van der Waals surface area contributed by atoms with Gasteiger partial charge >= 0.3 is 0 Å². The maximum absolute atomic E-state index is 13.7. The number of aryl methyl sites for hydroxylation is 1. The Morgan fingerprint density at radius 3 is 2.12 bits per heavy atom. The van der Waals surface area contributed by atoms with Crippen molar-refractivity contribution < 1.29 is 18.4 Å². The third kappa shape index (κ3) is 4.14. The first-order chi connectivity index (χ1) is 11.6. The van der Waals surface area contributed by atoms with Crippen molar-refractivity contribution in [1.82, 2.24) is 0 Å². The molecule has 0 radical (unpaired) electrons. The van der Waals surface area contributed by atoms with E-state index in [0.29, 0.717) is 10.7 Å². The molecule has 0 saturated heterocycles. The van der Waals surface area contributed by atoms with Gasteiger partial charge in [-0.15, -0.1) is 0 Å². The van der Waals surface area contributed by atoms with Crippen LogP contribution in [0.5, 0.6) is 0 Å². The van der Waals surface area contributed by atoms with Crippen molar-refractivity contribution in [3.8, 4) is 0 Å². The van der Waals surface area contributed by atoms with Gasteiger partial charge in [0.2, 0.25) is 11.8 Å².